The van der Waals surface area contributed by atoms with Gasteiger partial charge in [-0.1, -0.05) is 13.3 Å². The lowest BCUT2D eigenvalue weighted by Crippen LogP contribution is -2.47. The van der Waals surface area contributed by atoms with E-state index in [1.807, 2.05) is 6.92 Å². The number of nitrogens with zero attached hydrogens (tertiary/aromatic N) is 2. The number of rotatable bonds is 5. The summed E-state index contributed by atoms with van der Waals surface area (Å²) in [5.74, 6) is -0.430. The van der Waals surface area contributed by atoms with Crippen LogP contribution in [0.1, 0.15) is 45.1 Å². The van der Waals surface area contributed by atoms with E-state index in [2.05, 4.69) is 5.32 Å². The lowest BCUT2D eigenvalue weighted by atomic mass is 10.1. The van der Waals surface area contributed by atoms with Crippen LogP contribution < -0.4 is 10.2 Å². The van der Waals surface area contributed by atoms with Crippen molar-refractivity contribution < 1.29 is 18.0 Å². The van der Waals surface area contributed by atoms with Crippen LogP contribution in [0.5, 0.6) is 0 Å². The minimum Gasteiger partial charge on any atom is -0.354 e. The van der Waals surface area contributed by atoms with Crippen molar-refractivity contribution in [2.45, 2.75) is 56.9 Å². The third-order valence-corrected chi connectivity index (χ3v) is 7.07. The van der Waals surface area contributed by atoms with E-state index in [1.54, 1.807) is 18.2 Å². The summed E-state index contributed by atoms with van der Waals surface area (Å²) < 4.78 is 27.4. The monoisotopic (exact) mass is 393 g/mol. The molecule has 0 unspecified atom stereocenters. The molecule has 0 saturated carbocycles. The minimum absolute atomic E-state index is 0.205. The van der Waals surface area contributed by atoms with Crippen LogP contribution in [-0.4, -0.2) is 50.2 Å². The molecule has 1 N–H and O–H groups in total. The molecule has 1 atom stereocenters. The molecule has 0 radical (unpaired) electrons. The number of anilines is 1. The SMILES string of the molecule is CCCNC(=O)[C@H]1Cc2cc(S(=O)(=O)N3CCCCC3)ccc2N1C(C)=O. The van der Waals surface area contributed by atoms with Crippen molar-refractivity contribution in [2.75, 3.05) is 24.5 Å². The Hall–Kier alpha value is -1.93. The molecule has 0 aliphatic carbocycles. The first-order chi connectivity index (χ1) is 12.9. The predicted molar refractivity (Wildman–Crippen MR) is 103 cm³/mol. The number of hydrogen-bond donors (Lipinski definition) is 1. The van der Waals surface area contributed by atoms with E-state index < -0.39 is 16.1 Å². The number of carbonyl (C=O) groups excluding carboxylic acids is 2. The molecular formula is C19H27N3O4S. The van der Waals surface area contributed by atoms with Gasteiger partial charge >= 0.3 is 0 Å². The molecule has 0 spiro atoms. The average molecular weight is 394 g/mol. The van der Waals surface area contributed by atoms with Gasteiger partial charge in [0.25, 0.3) is 0 Å². The summed E-state index contributed by atoms with van der Waals surface area (Å²) in [6.45, 7) is 5.02. The number of sulfonamides is 1. The third-order valence-electron chi connectivity index (χ3n) is 5.18. The molecule has 0 bridgehead atoms. The zero-order valence-electron chi connectivity index (χ0n) is 15.9. The Balaban J connectivity index is 1.90. The van der Waals surface area contributed by atoms with Gasteiger partial charge in [0.2, 0.25) is 21.8 Å². The van der Waals surface area contributed by atoms with Gasteiger partial charge in [0, 0.05) is 38.7 Å². The van der Waals surface area contributed by atoms with Crippen LogP contribution >= 0.6 is 0 Å². The molecule has 1 saturated heterocycles. The van der Waals surface area contributed by atoms with E-state index in [-0.39, 0.29) is 16.7 Å². The molecule has 1 aromatic rings. The number of nitrogens with one attached hydrogen (secondary N) is 1. The van der Waals surface area contributed by atoms with Crippen LogP contribution in [0.25, 0.3) is 0 Å². The van der Waals surface area contributed by atoms with Crippen molar-refractivity contribution in [3.05, 3.63) is 23.8 Å². The zero-order chi connectivity index (χ0) is 19.6. The first kappa shape index (κ1) is 19.8. The van der Waals surface area contributed by atoms with Crippen molar-refractivity contribution in [2.24, 2.45) is 0 Å². The summed E-state index contributed by atoms with van der Waals surface area (Å²) in [6.07, 6.45) is 3.94. The number of amides is 2. The molecule has 2 aliphatic heterocycles. The highest BCUT2D eigenvalue weighted by atomic mass is 32.2. The second-order valence-corrected chi connectivity index (χ2v) is 9.09. The summed E-state index contributed by atoms with van der Waals surface area (Å²) in [4.78, 5) is 26.3. The highest BCUT2D eigenvalue weighted by Gasteiger charge is 2.38. The fraction of sp³-hybridized carbons (Fsp3) is 0.579. The molecule has 7 nitrogen and oxygen atoms in total. The smallest absolute Gasteiger partial charge is 0.243 e. The number of piperidine rings is 1. The van der Waals surface area contributed by atoms with E-state index in [0.717, 1.165) is 31.2 Å². The molecule has 2 aliphatic rings. The van der Waals surface area contributed by atoms with Crippen LogP contribution in [-0.2, 0) is 26.0 Å². The molecule has 2 heterocycles. The zero-order valence-corrected chi connectivity index (χ0v) is 16.7. The summed E-state index contributed by atoms with van der Waals surface area (Å²) in [7, 11) is -3.54. The molecular weight excluding hydrogens is 366 g/mol. The van der Waals surface area contributed by atoms with Crippen LogP contribution in [0, 0.1) is 0 Å². The maximum absolute atomic E-state index is 12.9. The first-order valence-electron chi connectivity index (χ1n) is 9.57. The summed E-state index contributed by atoms with van der Waals surface area (Å²) in [6, 6.07) is 4.20. The second kappa shape index (κ2) is 7.98. The third kappa shape index (κ3) is 3.87. The Morgan fingerprint density at radius 3 is 2.52 bits per heavy atom. The lowest BCUT2D eigenvalue weighted by Gasteiger charge is -2.26. The van der Waals surface area contributed by atoms with Crippen molar-refractivity contribution in [1.29, 1.82) is 0 Å². The lowest BCUT2D eigenvalue weighted by molar-refractivity contribution is -0.125. The van der Waals surface area contributed by atoms with E-state index >= 15 is 0 Å². The van der Waals surface area contributed by atoms with E-state index in [1.165, 1.54) is 16.1 Å². The van der Waals surface area contributed by atoms with Gasteiger partial charge in [0.15, 0.2) is 0 Å². The van der Waals surface area contributed by atoms with Gasteiger partial charge in [-0.15, -0.1) is 0 Å². The standard InChI is InChI=1S/C19H27N3O4S/c1-3-9-20-19(24)18-13-15-12-16(7-8-17(15)22(18)14(2)23)27(25,26)21-10-5-4-6-11-21/h7-8,12,18H,3-6,9-11,13H2,1-2H3,(H,20,24)/t18-/m1/s1. The highest BCUT2D eigenvalue weighted by molar-refractivity contribution is 7.89. The summed E-state index contributed by atoms with van der Waals surface area (Å²) in [5.41, 5.74) is 1.34. The Morgan fingerprint density at radius 1 is 1.19 bits per heavy atom. The predicted octanol–water partition coefficient (Wildman–Crippen LogP) is 1.66. The average Bonchev–Trinajstić information content (AvgIpc) is 3.05. The first-order valence-corrected chi connectivity index (χ1v) is 11.0. The normalized spacial score (nSPS) is 20.4. The fourth-order valence-corrected chi connectivity index (χ4v) is 5.38. The molecule has 1 aromatic carbocycles. The fourth-order valence-electron chi connectivity index (χ4n) is 3.81. The Kier molecular flexibility index (Phi) is 5.86. The minimum atomic E-state index is -3.54. The van der Waals surface area contributed by atoms with Gasteiger partial charge < -0.3 is 5.32 Å². The molecule has 0 aromatic heterocycles. The Morgan fingerprint density at radius 2 is 1.89 bits per heavy atom. The summed E-state index contributed by atoms with van der Waals surface area (Å²) >= 11 is 0. The Labute approximate surface area is 160 Å². The molecule has 27 heavy (non-hydrogen) atoms. The number of hydrogen-bond acceptors (Lipinski definition) is 4. The van der Waals surface area contributed by atoms with Gasteiger partial charge in [-0.05, 0) is 43.0 Å². The molecule has 148 valence electrons. The van der Waals surface area contributed by atoms with Crippen LogP contribution in [0.4, 0.5) is 5.69 Å². The second-order valence-electron chi connectivity index (χ2n) is 7.16. The molecule has 1 fully saturated rings. The summed E-state index contributed by atoms with van der Waals surface area (Å²) in [5, 5.41) is 2.83. The van der Waals surface area contributed by atoms with Gasteiger partial charge in [0.05, 0.1) is 4.90 Å². The van der Waals surface area contributed by atoms with Crippen molar-refractivity contribution >= 4 is 27.5 Å². The topological polar surface area (TPSA) is 86.8 Å². The van der Waals surface area contributed by atoms with Gasteiger partial charge in [-0.25, -0.2) is 8.42 Å². The quantitative estimate of drug-likeness (QED) is 0.824. The molecule has 2 amide bonds. The maximum atomic E-state index is 12.9. The van der Waals surface area contributed by atoms with Crippen molar-refractivity contribution in [3.63, 3.8) is 0 Å². The van der Waals surface area contributed by atoms with Crippen LogP contribution in [0.2, 0.25) is 0 Å². The van der Waals surface area contributed by atoms with Crippen LogP contribution in [0.3, 0.4) is 0 Å². The van der Waals surface area contributed by atoms with Gasteiger partial charge in [0.1, 0.15) is 6.04 Å². The highest BCUT2D eigenvalue weighted by Crippen LogP contribution is 2.35. The van der Waals surface area contributed by atoms with Crippen molar-refractivity contribution in [3.8, 4) is 0 Å². The van der Waals surface area contributed by atoms with E-state index in [9.17, 15) is 18.0 Å². The van der Waals surface area contributed by atoms with Crippen molar-refractivity contribution in [1.82, 2.24) is 9.62 Å². The largest absolute Gasteiger partial charge is 0.354 e. The number of benzene rings is 1. The maximum Gasteiger partial charge on any atom is 0.243 e. The number of fused-ring (bicyclic) bond motifs is 1. The van der Waals surface area contributed by atoms with Gasteiger partial charge in [-0.3, -0.25) is 14.5 Å². The van der Waals surface area contributed by atoms with Crippen LogP contribution in [0.15, 0.2) is 23.1 Å². The molecule has 8 heteroatoms. The van der Waals surface area contributed by atoms with E-state index in [0.29, 0.717) is 31.7 Å². The Bertz CT molecular complexity index is 831. The number of carbonyl (C=O) groups is 2. The van der Waals surface area contributed by atoms with Gasteiger partial charge in [-0.2, -0.15) is 4.31 Å². The van der Waals surface area contributed by atoms with E-state index in [4.69, 9.17) is 0 Å². The molecule has 3 rings (SSSR count).